The van der Waals surface area contributed by atoms with Crippen LogP contribution >= 0.6 is 11.8 Å². The van der Waals surface area contributed by atoms with Crippen molar-refractivity contribution in [2.75, 3.05) is 26.6 Å². The number of carbonyl (C=O) groups is 1. The smallest absolute Gasteiger partial charge is 0.175 e. The van der Waals surface area contributed by atoms with Crippen LogP contribution in [-0.4, -0.2) is 46.5 Å². The van der Waals surface area contributed by atoms with Gasteiger partial charge in [0.15, 0.2) is 10.9 Å². The van der Waals surface area contributed by atoms with Crippen molar-refractivity contribution in [3.05, 3.63) is 59.7 Å². The van der Waals surface area contributed by atoms with Gasteiger partial charge in [0.25, 0.3) is 0 Å². The topological polar surface area (TPSA) is 58.3 Å². The molecule has 0 amide bonds. The Hall–Kier alpha value is -2.51. The first-order valence-corrected chi connectivity index (χ1v) is 10.0. The van der Waals surface area contributed by atoms with Crippen LogP contribution in [0.4, 0.5) is 0 Å². The van der Waals surface area contributed by atoms with Gasteiger partial charge in [-0.3, -0.25) is 9.36 Å². The number of aromatic nitrogens is 3. The van der Waals surface area contributed by atoms with Crippen LogP contribution in [-0.2, 0) is 11.3 Å². The number of hydrogen-bond acceptors (Lipinski definition) is 5. The molecule has 0 saturated heterocycles. The Morgan fingerprint density at radius 1 is 1.18 bits per heavy atom. The molecule has 0 unspecified atom stereocenters. The molecule has 3 aromatic rings. The van der Waals surface area contributed by atoms with Gasteiger partial charge in [0.05, 0.1) is 19.5 Å². The second kappa shape index (κ2) is 9.12. The third-order valence-corrected chi connectivity index (χ3v) is 5.65. The minimum absolute atomic E-state index is 0.103. The lowest BCUT2D eigenvalue weighted by atomic mass is 10.2. The Morgan fingerprint density at radius 3 is 2.61 bits per heavy atom. The number of methoxy groups -OCH3 is 2. The Labute approximate surface area is 169 Å². The van der Waals surface area contributed by atoms with Crippen molar-refractivity contribution in [3.8, 4) is 11.4 Å². The monoisotopic (exact) mass is 399 g/mol. The highest BCUT2D eigenvalue weighted by atomic mass is 32.2. The molecule has 0 saturated carbocycles. The highest BCUT2D eigenvalue weighted by molar-refractivity contribution is 7.99. The number of aryl methyl sites for hydroxylation is 1. The zero-order valence-corrected chi connectivity index (χ0v) is 17.5. The molecule has 0 N–H and O–H groups in total. The van der Waals surface area contributed by atoms with E-state index in [2.05, 4.69) is 9.55 Å². The zero-order valence-electron chi connectivity index (χ0n) is 16.6. The summed E-state index contributed by atoms with van der Waals surface area (Å²) in [5.41, 5.74) is 3.80. The average molecular weight is 400 g/mol. The van der Waals surface area contributed by atoms with Crippen molar-refractivity contribution in [3.63, 3.8) is 0 Å². The number of thioether (sulfide) groups is 1. The number of hydrogen-bond donors (Lipinski definition) is 0. The molecule has 0 aliphatic rings. The second-order valence-electron chi connectivity index (χ2n) is 6.42. The summed E-state index contributed by atoms with van der Waals surface area (Å²) < 4.78 is 14.5. The minimum atomic E-state index is 0.103. The van der Waals surface area contributed by atoms with Crippen molar-refractivity contribution >= 4 is 17.5 Å². The molecule has 0 aliphatic carbocycles. The number of benzene rings is 1. The number of ketones is 1. The van der Waals surface area contributed by atoms with Gasteiger partial charge in [0.2, 0.25) is 0 Å². The van der Waals surface area contributed by atoms with Crippen molar-refractivity contribution in [2.45, 2.75) is 25.5 Å². The molecule has 2 aromatic heterocycles. The summed E-state index contributed by atoms with van der Waals surface area (Å²) >= 11 is 1.44. The maximum Gasteiger partial charge on any atom is 0.175 e. The lowest BCUT2D eigenvalue weighted by Crippen LogP contribution is -2.10. The molecule has 7 heteroatoms. The standard InChI is InChI=1S/C21H25N3O3S/c1-15-13-19(16(2)23(15)11-12-26-3)20(25)14-28-21-22-9-10-24(21)17-5-7-18(27-4)8-6-17/h5-10,13H,11-12,14H2,1-4H3. The van der Waals surface area contributed by atoms with E-state index in [0.717, 1.165) is 40.1 Å². The first-order chi connectivity index (χ1) is 13.5. The second-order valence-corrected chi connectivity index (χ2v) is 7.36. The third-order valence-electron chi connectivity index (χ3n) is 4.68. The van der Waals surface area contributed by atoms with Crippen LogP contribution < -0.4 is 4.74 Å². The number of Topliss-reactive ketones (excluding diaryl/α,β-unsaturated/α-hetero) is 1. The lowest BCUT2D eigenvalue weighted by molar-refractivity contribution is 0.102. The van der Waals surface area contributed by atoms with Gasteiger partial charge >= 0.3 is 0 Å². The van der Waals surface area contributed by atoms with Gasteiger partial charge in [-0.2, -0.15) is 0 Å². The molecule has 3 rings (SSSR count). The molecule has 1 aromatic carbocycles. The Morgan fingerprint density at radius 2 is 1.93 bits per heavy atom. The van der Waals surface area contributed by atoms with Crippen molar-refractivity contribution < 1.29 is 14.3 Å². The number of ether oxygens (including phenoxy) is 2. The summed E-state index contributed by atoms with van der Waals surface area (Å²) in [6, 6.07) is 9.71. The maximum atomic E-state index is 12.8. The fraction of sp³-hybridized carbons (Fsp3) is 0.333. The molecular weight excluding hydrogens is 374 g/mol. The Balaban J connectivity index is 1.71. The molecule has 0 spiro atoms. The molecule has 0 radical (unpaired) electrons. The van der Waals surface area contributed by atoms with Crippen LogP contribution in [0.1, 0.15) is 21.7 Å². The van der Waals surface area contributed by atoms with Gasteiger partial charge in [0.1, 0.15) is 5.75 Å². The molecular formula is C21H25N3O3S. The van der Waals surface area contributed by atoms with Crippen molar-refractivity contribution in [2.24, 2.45) is 0 Å². The molecule has 2 heterocycles. The van der Waals surface area contributed by atoms with Crippen LogP contribution in [0.25, 0.3) is 5.69 Å². The van der Waals surface area contributed by atoms with Gasteiger partial charge in [-0.05, 0) is 44.2 Å². The van der Waals surface area contributed by atoms with Gasteiger partial charge in [-0.25, -0.2) is 4.98 Å². The first kappa shape index (κ1) is 20.2. The first-order valence-electron chi connectivity index (χ1n) is 9.04. The quantitative estimate of drug-likeness (QED) is 0.403. The summed E-state index contributed by atoms with van der Waals surface area (Å²) in [6.07, 6.45) is 3.64. The Bertz CT molecular complexity index is 944. The predicted octanol–water partition coefficient (Wildman–Crippen LogP) is 3.92. The van der Waals surface area contributed by atoms with Crippen LogP contribution in [0.15, 0.2) is 47.9 Å². The number of nitrogens with zero attached hydrogens (tertiary/aromatic N) is 3. The van der Waals surface area contributed by atoms with E-state index in [1.807, 2.05) is 54.9 Å². The van der Waals surface area contributed by atoms with E-state index in [1.165, 1.54) is 11.8 Å². The normalized spacial score (nSPS) is 11.0. The highest BCUT2D eigenvalue weighted by Crippen LogP contribution is 2.24. The van der Waals surface area contributed by atoms with E-state index in [4.69, 9.17) is 9.47 Å². The van der Waals surface area contributed by atoms with Gasteiger partial charge in [0, 0.05) is 48.7 Å². The number of imidazole rings is 1. The Kier molecular flexibility index (Phi) is 6.59. The van der Waals surface area contributed by atoms with Crippen molar-refractivity contribution in [1.82, 2.24) is 14.1 Å². The van der Waals surface area contributed by atoms with E-state index < -0.39 is 0 Å². The van der Waals surface area contributed by atoms with E-state index in [0.29, 0.717) is 12.4 Å². The summed E-state index contributed by atoms with van der Waals surface area (Å²) in [5.74, 6) is 1.24. The van der Waals surface area contributed by atoms with E-state index in [9.17, 15) is 4.79 Å². The largest absolute Gasteiger partial charge is 0.497 e. The average Bonchev–Trinajstić information content (AvgIpc) is 3.29. The molecule has 148 valence electrons. The van der Waals surface area contributed by atoms with Crippen LogP contribution in [0.3, 0.4) is 0 Å². The minimum Gasteiger partial charge on any atom is -0.497 e. The fourth-order valence-electron chi connectivity index (χ4n) is 3.15. The van der Waals surface area contributed by atoms with Crippen LogP contribution in [0.2, 0.25) is 0 Å². The molecule has 28 heavy (non-hydrogen) atoms. The van der Waals surface area contributed by atoms with Gasteiger partial charge in [-0.1, -0.05) is 11.8 Å². The molecule has 0 aliphatic heterocycles. The summed E-state index contributed by atoms with van der Waals surface area (Å²) in [6.45, 7) is 5.37. The summed E-state index contributed by atoms with van der Waals surface area (Å²) in [4.78, 5) is 17.2. The predicted molar refractivity (Wildman–Crippen MR) is 111 cm³/mol. The maximum absolute atomic E-state index is 12.8. The van der Waals surface area contributed by atoms with E-state index in [-0.39, 0.29) is 5.78 Å². The van der Waals surface area contributed by atoms with E-state index >= 15 is 0 Å². The lowest BCUT2D eigenvalue weighted by Gasteiger charge is -2.09. The van der Waals surface area contributed by atoms with Gasteiger partial charge in [-0.15, -0.1) is 0 Å². The molecule has 0 bridgehead atoms. The summed E-state index contributed by atoms with van der Waals surface area (Å²) in [5, 5.41) is 0.784. The van der Waals surface area contributed by atoms with Gasteiger partial charge < -0.3 is 14.0 Å². The number of rotatable bonds is 9. The summed E-state index contributed by atoms with van der Waals surface area (Å²) in [7, 11) is 3.33. The van der Waals surface area contributed by atoms with Crippen molar-refractivity contribution in [1.29, 1.82) is 0 Å². The fourth-order valence-corrected chi connectivity index (χ4v) is 4.01. The highest BCUT2D eigenvalue weighted by Gasteiger charge is 2.17. The molecule has 0 fully saturated rings. The van der Waals surface area contributed by atoms with E-state index in [1.54, 1.807) is 20.4 Å². The molecule has 6 nitrogen and oxygen atoms in total. The van der Waals surface area contributed by atoms with Crippen LogP contribution in [0, 0.1) is 13.8 Å². The molecule has 0 atom stereocenters. The third kappa shape index (κ3) is 4.31. The van der Waals surface area contributed by atoms with Crippen LogP contribution in [0.5, 0.6) is 5.75 Å². The number of carbonyl (C=O) groups excluding carboxylic acids is 1. The SMILES string of the molecule is COCCn1c(C)cc(C(=O)CSc2nccn2-c2ccc(OC)cc2)c1C. The zero-order chi connectivity index (χ0) is 20.1.